The van der Waals surface area contributed by atoms with E-state index in [0.29, 0.717) is 11.5 Å². The molecule has 5 nitrogen and oxygen atoms in total. The average Bonchev–Trinajstić information content (AvgIpc) is 2.32. The van der Waals surface area contributed by atoms with Gasteiger partial charge in [-0.2, -0.15) is 0 Å². The summed E-state index contributed by atoms with van der Waals surface area (Å²) in [4.78, 5) is 11.9. The third-order valence-electron chi connectivity index (χ3n) is 2.94. The van der Waals surface area contributed by atoms with Crippen LogP contribution >= 0.6 is 0 Å². The van der Waals surface area contributed by atoms with Gasteiger partial charge in [0.1, 0.15) is 35.4 Å². The van der Waals surface area contributed by atoms with Crippen LogP contribution in [0, 0.1) is 0 Å². The van der Waals surface area contributed by atoms with Crippen molar-refractivity contribution in [2.24, 2.45) is 0 Å². The van der Waals surface area contributed by atoms with Crippen molar-refractivity contribution in [1.29, 1.82) is 0 Å². The topological polar surface area (TPSA) is 68.9 Å². The lowest BCUT2D eigenvalue weighted by Crippen LogP contribution is -2.41. The van der Waals surface area contributed by atoms with E-state index in [1.807, 2.05) is 6.92 Å². The normalized spacial score (nSPS) is 27.0. The van der Waals surface area contributed by atoms with Gasteiger partial charge in [-0.15, -0.1) is 0 Å². The quantitative estimate of drug-likeness (QED) is 0.863. The van der Waals surface area contributed by atoms with Crippen LogP contribution in [0.4, 0.5) is 0 Å². The van der Waals surface area contributed by atoms with E-state index in [-0.39, 0.29) is 5.56 Å². The Morgan fingerprint density at radius 1 is 1.50 bits per heavy atom. The lowest BCUT2D eigenvalue weighted by molar-refractivity contribution is -0.0814. The van der Waals surface area contributed by atoms with E-state index >= 15 is 0 Å². The minimum Gasteiger partial charge on any atom is -0.487 e. The Balaban J connectivity index is 2.57. The highest BCUT2D eigenvalue weighted by molar-refractivity contribution is 5.48. The Morgan fingerprint density at radius 2 is 2.22 bits per heavy atom. The fourth-order valence-electron chi connectivity index (χ4n) is 2.04. The van der Waals surface area contributed by atoms with Crippen LogP contribution in [0.3, 0.4) is 0 Å². The molecule has 2 heterocycles. The van der Waals surface area contributed by atoms with Crippen LogP contribution < -0.4 is 10.4 Å². The van der Waals surface area contributed by atoms with Gasteiger partial charge in [0.15, 0.2) is 0 Å². The number of aliphatic hydroxyl groups excluding tert-OH is 1. The summed E-state index contributed by atoms with van der Waals surface area (Å²) in [5, 5.41) is 9.94. The van der Waals surface area contributed by atoms with E-state index in [4.69, 9.17) is 13.9 Å². The zero-order valence-electron chi connectivity index (χ0n) is 10.5. The zero-order valence-corrected chi connectivity index (χ0v) is 10.5. The van der Waals surface area contributed by atoms with Crippen molar-refractivity contribution < 1.29 is 19.0 Å². The first kappa shape index (κ1) is 12.9. The lowest BCUT2D eigenvalue weighted by atomic mass is 9.98. The van der Waals surface area contributed by atoms with E-state index in [2.05, 4.69) is 0 Å². The van der Waals surface area contributed by atoms with Gasteiger partial charge in [0.25, 0.3) is 0 Å². The minimum atomic E-state index is -0.891. The van der Waals surface area contributed by atoms with Gasteiger partial charge in [-0.3, -0.25) is 0 Å². The Hall–Kier alpha value is -1.59. The van der Waals surface area contributed by atoms with Gasteiger partial charge in [-0.25, -0.2) is 4.79 Å². The largest absolute Gasteiger partial charge is 0.487 e. The molecule has 0 unspecified atom stereocenters. The van der Waals surface area contributed by atoms with Gasteiger partial charge in [-0.1, -0.05) is 6.08 Å². The van der Waals surface area contributed by atoms with Crippen LogP contribution in [0.25, 0.3) is 6.08 Å². The predicted molar refractivity (Wildman–Crippen MR) is 65.5 cm³/mol. The average molecular weight is 252 g/mol. The summed E-state index contributed by atoms with van der Waals surface area (Å²) in [6.45, 7) is 3.55. The first-order valence-corrected chi connectivity index (χ1v) is 5.76. The number of methoxy groups -OCH3 is 1. The summed E-state index contributed by atoms with van der Waals surface area (Å²) in [7, 11) is 1.44. The molecule has 1 N–H and O–H groups in total. The number of aliphatic hydroxyl groups is 1. The molecule has 1 aliphatic heterocycles. The number of ether oxygens (including phenoxy) is 2. The summed E-state index contributed by atoms with van der Waals surface area (Å²) in [6, 6.07) is 1.63. The SMILES string of the molecule is C/C=C/c1cc2c(c(=O)o1)[C@@H](OC)[C@@H](O)[C@H](C)O2. The molecular formula is C13H16O5. The first-order chi connectivity index (χ1) is 8.58. The Labute approximate surface area is 105 Å². The molecule has 1 aromatic heterocycles. The number of rotatable bonds is 2. The predicted octanol–water partition coefficient (Wildman–Crippen LogP) is 1.50. The maximum absolute atomic E-state index is 11.9. The van der Waals surface area contributed by atoms with E-state index in [9.17, 15) is 9.90 Å². The summed E-state index contributed by atoms with van der Waals surface area (Å²) in [5.41, 5.74) is -0.310. The van der Waals surface area contributed by atoms with Gasteiger partial charge >= 0.3 is 5.63 Å². The maximum Gasteiger partial charge on any atom is 0.345 e. The molecule has 0 radical (unpaired) electrons. The summed E-state index contributed by atoms with van der Waals surface area (Å²) in [5.74, 6) is 0.823. The summed E-state index contributed by atoms with van der Waals surface area (Å²) < 4.78 is 15.8. The van der Waals surface area contributed by atoms with Crippen LogP contribution in [0.5, 0.6) is 5.75 Å². The minimum absolute atomic E-state index is 0.233. The third kappa shape index (κ3) is 2.07. The second-order valence-corrected chi connectivity index (χ2v) is 4.18. The Bertz CT molecular complexity index is 517. The second kappa shape index (κ2) is 4.96. The lowest BCUT2D eigenvalue weighted by Gasteiger charge is -2.33. The van der Waals surface area contributed by atoms with E-state index in [1.54, 1.807) is 25.1 Å². The molecule has 0 amide bonds. The summed E-state index contributed by atoms with van der Waals surface area (Å²) >= 11 is 0. The Kier molecular flexibility index (Phi) is 3.54. The van der Waals surface area contributed by atoms with Gasteiger partial charge in [-0.05, 0) is 19.9 Å². The molecule has 1 aromatic rings. The molecule has 1 aliphatic rings. The van der Waals surface area contributed by atoms with Crippen LogP contribution in [-0.2, 0) is 4.74 Å². The van der Waals surface area contributed by atoms with Crippen LogP contribution in [0.15, 0.2) is 21.4 Å². The molecule has 0 bridgehead atoms. The molecule has 0 aliphatic carbocycles. The smallest absolute Gasteiger partial charge is 0.345 e. The summed E-state index contributed by atoms with van der Waals surface area (Å²) in [6.07, 6.45) is 1.38. The fraction of sp³-hybridized carbons (Fsp3) is 0.462. The number of fused-ring (bicyclic) bond motifs is 1. The molecule has 2 rings (SSSR count). The third-order valence-corrected chi connectivity index (χ3v) is 2.94. The number of hydrogen-bond acceptors (Lipinski definition) is 5. The molecule has 0 spiro atoms. The van der Waals surface area contributed by atoms with Crippen LogP contribution in [0.1, 0.15) is 31.3 Å². The molecule has 18 heavy (non-hydrogen) atoms. The van der Waals surface area contributed by atoms with E-state index in [0.717, 1.165) is 0 Å². The van der Waals surface area contributed by atoms with Gasteiger partial charge < -0.3 is 19.0 Å². The van der Waals surface area contributed by atoms with Crippen molar-refractivity contribution >= 4 is 6.08 Å². The second-order valence-electron chi connectivity index (χ2n) is 4.18. The zero-order chi connectivity index (χ0) is 13.3. The molecule has 0 aromatic carbocycles. The highest BCUT2D eigenvalue weighted by Gasteiger charge is 2.38. The van der Waals surface area contributed by atoms with Gasteiger partial charge in [0, 0.05) is 13.2 Å². The maximum atomic E-state index is 11.9. The van der Waals surface area contributed by atoms with Crippen molar-refractivity contribution in [2.75, 3.05) is 7.11 Å². The molecule has 0 fully saturated rings. The molecule has 98 valence electrons. The van der Waals surface area contributed by atoms with Crippen molar-refractivity contribution in [3.05, 3.63) is 33.9 Å². The fourth-order valence-corrected chi connectivity index (χ4v) is 2.04. The molecule has 0 saturated carbocycles. The van der Waals surface area contributed by atoms with E-state index in [1.165, 1.54) is 7.11 Å². The van der Waals surface area contributed by atoms with Crippen molar-refractivity contribution in [3.63, 3.8) is 0 Å². The van der Waals surface area contributed by atoms with Gasteiger partial charge in [0.2, 0.25) is 0 Å². The Morgan fingerprint density at radius 3 is 2.83 bits per heavy atom. The van der Waals surface area contributed by atoms with Crippen molar-refractivity contribution in [3.8, 4) is 5.75 Å². The van der Waals surface area contributed by atoms with Gasteiger partial charge in [0.05, 0.1) is 0 Å². The van der Waals surface area contributed by atoms with Crippen LogP contribution in [0.2, 0.25) is 0 Å². The molecule has 5 heteroatoms. The molecule has 0 saturated heterocycles. The number of allylic oxidation sites excluding steroid dienone is 1. The van der Waals surface area contributed by atoms with Crippen LogP contribution in [-0.4, -0.2) is 24.4 Å². The van der Waals surface area contributed by atoms with Crippen molar-refractivity contribution in [1.82, 2.24) is 0 Å². The monoisotopic (exact) mass is 252 g/mol. The van der Waals surface area contributed by atoms with Crippen molar-refractivity contribution in [2.45, 2.75) is 32.2 Å². The molecular weight excluding hydrogens is 236 g/mol. The highest BCUT2D eigenvalue weighted by atomic mass is 16.5. The van der Waals surface area contributed by atoms with E-state index < -0.39 is 23.9 Å². The standard InChI is InChI=1S/C13H16O5/c1-4-5-8-6-9-10(13(15)18-8)12(16-3)11(14)7(2)17-9/h4-7,11-12,14H,1-3H3/b5-4+/t7-,11-,12+/m0/s1. The molecule has 3 atom stereocenters. The first-order valence-electron chi connectivity index (χ1n) is 5.76. The highest BCUT2D eigenvalue weighted by Crippen LogP contribution is 2.35. The number of hydrogen-bond donors (Lipinski definition) is 1.